The number of anilines is 1. The number of rotatable bonds is 4. The molecule has 0 radical (unpaired) electrons. The number of carbonyl (C=O) groups excluding carboxylic acids is 1. The summed E-state index contributed by atoms with van der Waals surface area (Å²) in [7, 11) is 1.89. The Balaban J connectivity index is 1.90. The number of amides is 1. The Morgan fingerprint density at radius 2 is 2.22 bits per heavy atom. The van der Waals surface area contributed by atoms with E-state index in [2.05, 4.69) is 10.3 Å². The van der Waals surface area contributed by atoms with Crippen LogP contribution in [0.1, 0.15) is 11.4 Å². The number of aromatic nitrogens is 2. The summed E-state index contributed by atoms with van der Waals surface area (Å²) in [5.74, 6) is 0.764. The van der Waals surface area contributed by atoms with Crippen LogP contribution in [0.15, 0.2) is 36.7 Å². The first kappa shape index (κ1) is 12.2. The number of hydrogen-bond donors (Lipinski definition) is 2. The van der Waals surface area contributed by atoms with E-state index in [0.717, 1.165) is 11.4 Å². The van der Waals surface area contributed by atoms with Crippen molar-refractivity contribution < 1.29 is 4.79 Å². The third-order valence-electron chi connectivity index (χ3n) is 2.77. The van der Waals surface area contributed by atoms with Gasteiger partial charge < -0.3 is 15.6 Å². The number of carbonyl (C=O) groups is 1. The molecule has 0 atom stereocenters. The number of benzene rings is 1. The zero-order chi connectivity index (χ0) is 13.0. The summed E-state index contributed by atoms with van der Waals surface area (Å²) in [5, 5.41) is 2.82. The minimum atomic E-state index is -0.0594. The van der Waals surface area contributed by atoms with Crippen molar-refractivity contribution in [2.75, 3.05) is 5.73 Å². The van der Waals surface area contributed by atoms with Crippen molar-refractivity contribution in [2.24, 2.45) is 7.05 Å². The lowest BCUT2D eigenvalue weighted by atomic mass is 10.1. The molecule has 5 nitrogen and oxygen atoms in total. The SMILES string of the molecule is Cn1ccnc1CNC(=O)Cc1ccccc1N. The molecular formula is C13H16N4O. The quantitative estimate of drug-likeness (QED) is 0.783. The van der Waals surface area contributed by atoms with Gasteiger partial charge in [-0.3, -0.25) is 4.79 Å². The summed E-state index contributed by atoms with van der Waals surface area (Å²) < 4.78 is 1.87. The van der Waals surface area contributed by atoms with E-state index >= 15 is 0 Å². The van der Waals surface area contributed by atoms with Gasteiger partial charge >= 0.3 is 0 Å². The summed E-state index contributed by atoms with van der Waals surface area (Å²) in [6, 6.07) is 7.37. The predicted octanol–water partition coefficient (Wildman–Crippen LogP) is 0.861. The number of nitrogens with two attached hydrogens (primary N) is 1. The van der Waals surface area contributed by atoms with Crippen molar-refractivity contribution in [1.82, 2.24) is 14.9 Å². The smallest absolute Gasteiger partial charge is 0.224 e. The normalized spacial score (nSPS) is 10.3. The molecule has 0 fully saturated rings. The number of nitrogen functional groups attached to an aromatic ring is 1. The second kappa shape index (κ2) is 5.35. The fraction of sp³-hybridized carbons (Fsp3) is 0.231. The van der Waals surface area contributed by atoms with Crippen LogP contribution in [0.2, 0.25) is 0 Å². The molecule has 0 spiro atoms. The van der Waals surface area contributed by atoms with Crippen LogP contribution in [0.4, 0.5) is 5.69 Å². The summed E-state index contributed by atoms with van der Waals surface area (Å²) in [4.78, 5) is 15.9. The zero-order valence-electron chi connectivity index (χ0n) is 10.3. The Morgan fingerprint density at radius 1 is 1.44 bits per heavy atom. The van der Waals surface area contributed by atoms with Crippen molar-refractivity contribution >= 4 is 11.6 Å². The molecule has 2 aromatic rings. The van der Waals surface area contributed by atoms with E-state index in [0.29, 0.717) is 12.2 Å². The average molecular weight is 244 g/mol. The number of nitrogens with zero attached hydrogens (tertiary/aromatic N) is 2. The summed E-state index contributed by atoms with van der Waals surface area (Å²) in [5.41, 5.74) is 7.27. The molecule has 1 amide bonds. The highest BCUT2D eigenvalue weighted by Crippen LogP contribution is 2.10. The molecule has 2 rings (SSSR count). The van der Waals surface area contributed by atoms with Gasteiger partial charge in [0.1, 0.15) is 5.82 Å². The molecule has 1 aromatic heterocycles. The van der Waals surface area contributed by atoms with Gasteiger partial charge in [-0.05, 0) is 11.6 Å². The van der Waals surface area contributed by atoms with E-state index in [1.807, 2.05) is 36.0 Å². The minimum Gasteiger partial charge on any atom is -0.398 e. The van der Waals surface area contributed by atoms with Gasteiger partial charge in [0.2, 0.25) is 5.91 Å². The van der Waals surface area contributed by atoms with E-state index in [9.17, 15) is 4.79 Å². The van der Waals surface area contributed by atoms with Gasteiger partial charge in [0.25, 0.3) is 0 Å². The molecule has 0 bridgehead atoms. The molecule has 0 aliphatic rings. The van der Waals surface area contributed by atoms with Crippen molar-refractivity contribution in [1.29, 1.82) is 0 Å². The highest BCUT2D eigenvalue weighted by atomic mass is 16.1. The Hall–Kier alpha value is -2.30. The monoisotopic (exact) mass is 244 g/mol. The first-order valence-corrected chi connectivity index (χ1v) is 5.73. The Kier molecular flexibility index (Phi) is 3.62. The van der Waals surface area contributed by atoms with Gasteiger partial charge in [-0.2, -0.15) is 0 Å². The van der Waals surface area contributed by atoms with Crippen LogP contribution in [0, 0.1) is 0 Å². The summed E-state index contributed by atoms with van der Waals surface area (Å²) >= 11 is 0. The van der Waals surface area contributed by atoms with Crippen LogP contribution >= 0.6 is 0 Å². The van der Waals surface area contributed by atoms with Gasteiger partial charge in [0.05, 0.1) is 13.0 Å². The summed E-state index contributed by atoms with van der Waals surface area (Å²) in [6.07, 6.45) is 3.84. The molecule has 3 N–H and O–H groups in total. The van der Waals surface area contributed by atoms with Crippen LogP contribution in [0.25, 0.3) is 0 Å². The molecule has 1 heterocycles. The van der Waals surface area contributed by atoms with Crippen LogP contribution in [0.5, 0.6) is 0 Å². The first-order chi connectivity index (χ1) is 8.66. The van der Waals surface area contributed by atoms with Crippen LogP contribution in [-0.4, -0.2) is 15.5 Å². The van der Waals surface area contributed by atoms with Crippen LogP contribution in [-0.2, 0) is 24.8 Å². The van der Waals surface area contributed by atoms with E-state index in [4.69, 9.17) is 5.73 Å². The summed E-state index contributed by atoms with van der Waals surface area (Å²) in [6.45, 7) is 0.426. The fourth-order valence-electron chi connectivity index (χ4n) is 1.68. The van der Waals surface area contributed by atoms with Crippen LogP contribution < -0.4 is 11.1 Å². The molecule has 0 aliphatic carbocycles. The second-order valence-electron chi connectivity index (χ2n) is 4.11. The molecule has 0 saturated carbocycles. The van der Waals surface area contributed by atoms with Crippen LogP contribution in [0.3, 0.4) is 0 Å². The maximum atomic E-state index is 11.8. The van der Waals surface area contributed by atoms with Crippen molar-refractivity contribution in [3.63, 3.8) is 0 Å². The second-order valence-corrected chi connectivity index (χ2v) is 4.11. The number of para-hydroxylation sites is 1. The number of nitrogens with one attached hydrogen (secondary N) is 1. The Labute approximate surface area is 106 Å². The maximum Gasteiger partial charge on any atom is 0.224 e. The van der Waals surface area contributed by atoms with Gasteiger partial charge in [0.15, 0.2) is 0 Å². The maximum absolute atomic E-state index is 11.8. The molecule has 1 aromatic carbocycles. The lowest BCUT2D eigenvalue weighted by molar-refractivity contribution is -0.120. The molecular weight excluding hydrogens is 228 g/mol. The number of aryl methyl sites for hydroxylation is 1. The molecule has 94 valence electrons. The molecule has 5 heteroatoms. The van der Waals surface area contributed by atoms with Crippen molar-refractivity contribution in [3.8, 4) is 0 Å². The first-order valence-electron chi connectivity index (χ1n) is 5.73. The van der Waals surface area contributed by atoms with E-state index in [-0.39, 0.29) is 12.3 Å². The van der Waals surface area contributed by atoms with E-state index in [1.54, 1.807) is 12.3 Å². The Bertz CT molecular complexity index is 547. The highest BCUT2D eigenvalue weighted by molar-refractivity contribution is 5.80. The molecule has 18 heavy (non-hydrogen) atoms. The molecule has 0 aliphatic heterocycles. The predicted molar refractivity (Wildman–Crippen MR) is 69.6 cm³/mol. The van der Waals surface area contributed by atoms with Gasteiger partial charge in [-0.15, -0.1) is 0 Å². The topological polar surface area (TPSA) is 72.9 Å². The molecule has 0 saturated heterocycles. The lowest BCUT2D eigenvalue weighted by Crippen LogP contribution is -2.26. The van der Waals surface area contributed by atoms with E-state index in [1.165, 1.54) is 0 Å². The third-order valence-corrected chi connectivity index (χ3v) is 2.77. The number of hydrogen-bond acceptors (Lipinski definition) is 3. The fourth-order valence-corrected chi connectivity index (χ4v) is 1.68. The molecule has 0 unspecified atom stereocenters. The van der Waals surface area contributed by atoms with E-state index < -0.39 is 0 Å². The standard InChI is InChI=1S/C13H16N4O/c1-17-7-6-15-12(17)9-16-13(18)8-10-4-2-3-5-11(10)14/h2-7H,8-9,14H2,1H3,(H,16,18). The van der Waals surface area contributed by atoms with Gasteiger partial charge in [0, 0.05) is 25.1 Å². The third kappa shape index (κ3) is 2.88. The average Bonchev–Trinajstić information content (AvgIpc) is 2.75. The van der Waals surface area contributed by atoms with Crippen molar-refractivity contribution in [3.05, 3.63) is 48.0 Å². The lowest BCUT2D eigenvalue weighted by Gasteiger charge is -2.07. The Morgan fingerprint density at radius 3 is 2.89 bits per heavy atom. The highest BCUT2D eigenvalue weighted by Gasteiger charge is 2.07. The van der Waals surface area contributed by atoms with Crippen molar-refractivity contribution in [2.45, 2.75) is 13.0 Å². The largest absolute Gasteiger partial charge is 0.398 e. The van der Waals surface area contributed by atoms with Gasteiger partial charge in [-0.25, -0.2) is 4.98 Å². The van der Waals surface area contributed by atoms with Gasteiger partial charge in [-0.1, -0.05) is 18.2 Å². The number of imidazole rings is 1. The minimum absolute atomic E-state index is 0.0594. The zero-order valence-corrected chi connectivity index (χ0v) is 10.3.